The molecule has 4 N–H and O–H groups in total. The fraction of sp³-hybridized carbons (Fsp3) is 0.364. The molecule has 0 aliphatic heterocycles. The average Bonchev–Trinajstić information content (AvgIpc) is 2.28. The fourth-order valence-electron chi connectivity index (χ4n) is 1.51. The monoisotopic (exact) mass is 274 g/mol. The van der Waals surface area contributed by atoms with E-state index in [0.29, 0.717) is 23.7 Å². The zero-order valence-electron chi connectivity index (χ0n) is 9.27. The van der Waals surface area contributed by atoms with Crippen LogP contribution in [0.4, 0.5) is 5.69 Å². The van der Waals surface area contributed by atoms with E-state index in [-0.39, 0.29) is 18.2 Å². The van der Waals surface area contributed by atoms with Crippen LogP contribution in [0.25, 0.3) is 0 Å². The Hall–Kier alpha value is -0.880. The lowest BCUT2D eigenvalue weighted by Gasteiger charge is -2.23. The van der Waals surface area contributed by atoms with E-state index >= 15 is 0 Å². The Morgan fingerprint density at radius 2 is 1.88 bits per heavy atom. The van der Waals surface area contributed by atoms with Gasteiger partial charge in [0.2, 0.25) is 0 Å². The van der Waals surface area contributed by atoms with Crippen LogP contribution in [0, 0.1) is 0 Å². The van der Waals surface area contributed by atoms with E-state index < -0.39 is 0 Å². The number of rotatable bonds is 6. The summed E-state index contributed by atoms with van der Waals surface area (Å²) in [6.07, 6.45) is 0. The Bertz CT molecular complexity index is 395. The van der Waals surface area contributed by atoms with Gasteiger partial charge in [0.25, 0.3) is 0 Å². The number of aliphatic hydroxyl groups is 2. The van der Waals surface area contributed by atoms with Crippen molar-refractivity contribution < 1.29 is 10.2 Å². The zero-order valence-corrected chi connectivity index (χ0v) is 10.8. The summed E-state index contributed by atoms with van der Waals surface area (Å²) in [7, 11) is 0. The van der Waals surface area contributed by atoms with E-state index in [4.69, 9.17) is 39.8 Å². The largest absolute Gasteiger partial charge is 0.395 e. The quantitative estimate of drug-likeness (QED) is 0.669. The van der Waals surface area contributed by atoms with Gasteiger partial charge in [-0.1, -0.05) is 23.8 Å². The van der Waals surface area contributed by atoms with Gasteiger partial charge in [-0.15, -0.1) is 0 Å². The second kappa shape index (κ2) is 6.76. The first-order valence-electron chi connectivity index (χ1n) is 5.16. The molecule has 0 saturated heterocycles. The molecule has 0 fully saturated rings. The Kier molecular flexibility index (Phi) is 5.64. The van der Waals surface area contributed by atoms with Crippen LogP contribution >= 0.6 is 23.8 Å². The summed E-state index contributed by atoms with van der Waals surface area (Å²) in [5.41, 5.74) is 6.95. The van der Waals surface area contributed by atoms with Crippen molar-refractivity contribution in [1.29, 1.82) is 0 Å². The number of halogens is 1. The molecule has 0 amide bonds. The number of hydrogen-bond acceptors (Lipinski definition) is 4. The predicted octanol–water partition coefficient (Wildman–Crippen LogP) is 0.765. The van der Waals surface area contributed by atoms with Gasteiger partial charge < -0.3 is 20.8 Å². The van der Waals surface area contributed by atoms with Crippen LogP contribution in [-0.2, 0) is 0 Å². The molecule has 0 atom stereocenters. The SMILES string of the molecule is NC(=S)c1ccc(N(CCO)CCO)cc1Cl. The van der Waals surface area contributed by atoms with Crippen molar-refractivity contribution in [2.75, 3.05) is 31.2 Å². The van der Waals surface area contributed by atoms with Gasteiger partial charge >= 0.3 is 0 Å². The summed E-state index contributed by atoms with van der Waals surface area (Å²) < 4.78 is 0. The van der Waals surface area contributed by atoms with Crippen LogP contribution in [0.3, 0.4) is 0 Å². The van der Waals surface area contributed by atoms with Crippen molar-refractivity contribution in [2.45, 2.75) is 0 Å². The van der Waals surface area contributed by atoms with Gasteiger partial charge in [-0.25, -0.2) is 0 Å². The van der Waals surface area contributed by atoms with E-state index in [1.165, 1.54) is 0 Å². The third-order valence-corrected chi connectivity index (χ3v) is 2.86. The van der Waals surface area contributed by atoms with E-state index in [1.807, 2.05) is 11.0 Å². The highest BCUT2D eigenvalue weighted by atomic mass is 35.5. The maximum Gasteiger partial charge on any atom is 0.105 e. The minimum atomic E-state index is 0.00860. The number of hydrogen-bond donors (Lipinski definition) is 3. The number of aliphatic hydroxyl groups excluding tert-OH is 2. The van der Waals surface area contributed by atoms with E-state index in [9.17, 15) is 0 Å². The Morgan fingerprint density at radius 1 is 1.29 bits per heavy atom. The molecule has 1 aromatic rings. The summed E-state index contributed by atoms with van der Waals surface area (Å²) in [5.74, 6) is 0. The molecule has 1 rings (SSSR count). The van der Waals surface area contributed by atoms with Gasteiger partial charge in [-0.3, -0.25) is 0 Å². The minimum Gasteiger partial charge on any atom is -0.395 e. The van der Waals surface area contributed by atoms with Crippen LogP contribution in [0.1, 0.15) is 5.56 Å². The first kappa shape index (κ1) is 14.2. The molecule has 0 aliphatic carbocycles. The number of nitrogens with two attached hydrogens (primary N) is 1. The number of anilines is 1. The van der Waals surface area contributed by atoms with Crippen molar-refractivity contribution in [1.82, 2.24) is 0 Å². The molecule has 0 aromatic heterocycles. The molecule has 0 radical (unpaired) electrons. The maximum atomic E-state index is 8.94. The highest BCUT2D eigenvalue weighted by Gasteiger charge is 2.09. The summed E-state index contributed by atoms with van der Waals surface area (Å²) in [6.45, 7) is 0.885. The van der Waals surface area contributed by atoms with Crippen molar-refractivity contribution in [3.8, 4) is 0 Å². The van der Waals surface area contributed by atoms with Crippen LogP contribution in [0.2, 0.25) is 5.02 Å². The summed E-state index contributed by atoms with van der Waals surface area (Å²) in [6, 6.07) is 5.27. The summed E-state index contributed by atoms with van der Waals surface area (Å²) in [4.78, 5) is 2.08. The molecule has 0 bridgehead atoms. The van der Waals surface area contributed by atoms with Crippen LogP contribution in [0.5, 0.6) is 0 Å². The standard InChI is InChI=1S/C11H15ClN2O2S/c12-10-7-8(1-2-9(10)11(13)17)14(3-5-15)4-6-16/h1-2,7,15-16H,3-6H2,(H2,13,17). The third-order valence-electron chi connectivity index (χ3n) is 2.32. The highest BCUT2D eigenvalue weighted by molar-refractivity contribution is 7.80. The molecule has 0 saturated carbocycles. The lowest BCUT2D eigenvalue weighted by atomic mass is 10.2. The molecule has 0 unspecified atom stereocenters. The number of thiocarbonyl (C=S) groups is 1. The van der Waals surface area contributed by atoms with Crippen LogP contribution in [0.15, 0.2) is 18.2 Å². The third kappa shape index (κ3) is 3.81. The molecule has 4 nitrogen and oxygen atoms in total. The smallest absolute Gasteiger partial charge is 0.105 e. The zero-order chi connectivity index (χ0) is 12.8. The molecule has 0 spiro atoms. The Balaban J connectivity index is 2.97. The van der Waals surface area contributed by atoms with Crippen molar-refractivity contribution in [3.05, 3.63) is 28.8 Å². The maximum absolute atomic E-state index is 8.94. The molecule has 0 heterocycles. The Morgan fingerprint density at radius 3 is 2.29 bits per heavy atom. The van der Waals surface area contributed by atoms with Gasteiger partial charge in [-0.05, 0) is 18.2 Å². The molecule has 1 aromatic carbocycles. The first-order valence-corrected chi connectivity index (χ1v) is 5.94. The van der Waals surface area contributed by atoms with Gasteiger partial charge in [0.05, 0.1) is 18.2 Å². The second-order valence-electron chi connectivity index (χ2n) is 3.46. The minimum absolute atomic E-state index is 0.00860. The molecule has 6 heteroatoms. The number of nitrogens with zero attached hydrogens (tertiary/aromatic N) is 1. The Labute approximate surface area is 111 Å². The molecular formula is C11H15ClN2O2S. The summed E-state index contributed by atoms with van der Waals surface area (Å²) in [5, 5.41) is 18.3. The van der Waals surface area contributed by atoms with E-state index in [2.05, 4.69) is 0 Å². The number of benzene rings is 1. The predicted molar refractivity (Wildman–Crippen MR) is 73.7 cm³/mol. The van der Waals surface area contributed by atoms with Gasteiger partial charge in [-0.2, -0.15) is 0 Å². The molecular weight excluding hydrogens is 260 g/mol. The lowest BCUT2D eigenvalue weighted by Crippen LogP contribution is -2.29. The molecule has 0 aliphatic rings. The van der Waals surface area contributed by atoms with Gasteiger partial charge in [0.1, 0.15) is 4.99 Å². The highest BCUT2D eigenvalue weighted by Crippen LogP contribution is 2.23. The average molecular weight is 275 g/mol. The van der Waals surface area contributed by atoms with Crippen molar-refractivity contribution >= 4 is 34.5 Å². The molecule has 17 heavy (non-hydrogen) atoms. The van der Waals surface area contributed by atoms with Crippen molar-refractivity contribution in [2.24, 2.45) is 5.73 Å². The van der Waals surface area contributed by atoms with Gasteiger partial charge in [0.15, 0.2) is 0 Å². The van der Waals surface area contributed by atoms with E-state index in [1.54, 1.807) is 12.1 Å². The van der Waals surface area contributed by atoms with Crippen LogP contribution < -0.4 is 10.6 Å². The second-order valence-corrected chi connectivity index (χ2v) is 4.31. The van der Waals surface area contributed by atoms with E-state index in [0.717, 1.165) is 5.69 Å². The normalized spacial score (nSPS) is 10.3. The van der Waals surface area contributed by atoms with Crippen molar-refractivity contribution in [3.63, 3.8) is 0 Å². The lowest BCUT2D eigenvalue weighted by molar-refractivity contribution is 0.281. The summed E-state index contributed by atoms with van der Waals surface area (Å²) >= 11 is 10.9. The van der Waals surface area contributed by atoms with Gasteiger partial charge in [0, 0.05) is 24.3 Å². The topological polar surface area (TPSA) is 69.7 Å². The first-order chi connectivity index (χ1) is 8.10. The van der Waals surface area contributed by atoms with Crippen LogP contribution in [-0.4, -0.2) is 41.5 Å². The fourth-order valence-corrected chi connectivity index (χ4v) is 2.02. The molecule has 94 valence electrons.